The van der Waals surface area contributed by atoms with Gasteiger partial charge < -0.3 is 15.3 Å². The van der Waals surface area contributed by atoms with E-state index >= 15 is 0 Å². The summed E-state index contributed by atoms with van der Waals surface area (Å²) in [6, 6.07) is 26.7. The predicted molar refractivity (Wildman–Crippen MR) is 113 cm³/mol. The number of anilines is 1. The Balaban J connectivity index is 0.0000001000. The highest BCUT2D eigenvalue weighted by Crippen LogP contribution is 2.20. The fourth-order valence-corrected chi connectivity index (χ4v) is 3.12. The van der Waals surface area contributed by atoms with Crippen molar-refractivity contribution < 1.29 is 0 Å². The molecular weight excluding hydrogens is 332 g/mol. The number of nitrogens with one attached hydrogen (secondary N) is 3. The number of H-pyrrole nitrogens is 2. The van der Waals surface area contributed by atoms with Crippen LogP contribution in [-0.2, 0) is 6.42 Å². The molecular formula is C23H22N4. The Morgan fingerprint density at radius 2 is 1.48 bits per heavy atom. The van der Waals surface area contributed by atoms with E-state index in [2.05, 4.69) is 62.7 Å². The first-order valence-corrected chi connectivity index (χ1v) is 9.12. The normalized spacial score (nSPS) is 11.7. The molecule has 3 N–H and O–H groups in total. The minimum atomic E-state index is 1.03. The maximum absolute atomic E-state index is 4.06. The smallest absolute Gasteiger partial charge is 0.0931 e. The van der Waals surface area contributed by atoms with Crippen molar-refractivity contribution in [3.05, 3.63) is 97.0 Å². The van der Waals surface area contributed by atoms with Gasteiger partial charge in [0.2, 0.25) is 0 Å². The van der Waals surface area contributed by atoms with Crippen LogP contribution in [0.25, 0.3) is 21.9 Å². The molecule has 0 unspecified atom stereocenters. The molecule has 6 rings (SSSR count). The van der Waals surface area contributed by atoms with Gasteiger partial charge in [-0.2, -0.15) is 0 Å². The molecule has 4 nitrogen and oxygen atoms in total. The molecule has 1 aliphatic rings. The van der Waals surface area contributed by atoms with E-state index in [0.717, 1.165) is 17.6 Å². The first-order valence-electron chi connectivity index (χ1n) is 9.12. The van der Waals surface area contributed by atoms with Crippen LogP contribution in [0.3, 0.4) is 0 Å². The van der Waals surface area contributed by atoms with Crippen LogP contribution in [0.2, 0.25) is 0 Å². The van der Waals surface area contributed by atoms with Gasteiger partial charge in [-0.25, -0.2) is 4.98 Å². The van der Waals surface area contributed by atoms with Crippen LogP contribution < -0.4 is 5.32 Å². The highest BCUT2D eigenvalue weighted by Gasteiger charge is 2.05. The van der Waals surface area contributed by atoms with E-state index < -0.39 is 0 Å². The van der Waals surface area contributed by atoms with Crippen molar-refractivity contribution >= 4 is 27.6 Å². The summed E-state index contributed by atoms with van der Waals surface area (Å²) < 4.78 is 0. The standard InChI is InChI=1S/C8H9N.C8H7N.C7H6N2/c2*1-2-4-8-7(3-1)5-6-9-8;1-2-4-7-6(3-1)8-5-9-7/h1-4,9H,5-6H2;1-6,9H;1-5H,(H,8,9). The van der Waals surface area contributed by atoms with Crippen LogP contribution in [0, 0.1) is 0 Å². The van der Waals surface area contributed by atoms with Gasteiger partial charge >= 0.3 is 0 Å². The van der Waals surface area contributed by atoms with Gasteiger partial charge in [0.25, 0.3) is 0 Å². The summed E-state index contributed by atoms with van der Waals surface area (Å²) in [6.07, 6.45) is 4.84. The molecule has 0 spiro atoms. The second-order valence-corrected chi connectivity index (χ2v) is 6.32. The van der Waals surface area contributed by atoms with Crippen LogP contribution in [0.1, 0.15) is 5.56 Å². The highest BCUT2D eigenvalue weighted by atomic mass is 14.9. The van der Waals surface area contributed by atoms with Crippen LogP contribution in [0.5, 0.6) is 0 Å². The number of rotatable bonds is 0. The zero-order valence-electron chi connectivity index (χ0n) is 15.0. The van der Waals surface area contributed by atoms with Gasteiger partial charge in [0, 0.05) is 23.9 Å². The molecule has 0 fully saturated rings. The van der Waals surface area contributed by atoms with Crippen molar-refractivity contribution in [2.45, 2.75) is 6.42 Å². The molecule has 4 heteroatoms. The van der Waals surface area contributed by atoms with Gasteiger partial charge in [0.1, 0.15) is 0 Å². The molecule has 1 aliphatic heterocycles. The summed E-state index contributed by atoms with van der Waals surface area (Å²) in [5, 5.41) is 4.58. The quantitative estimate of drug-likeness (QED) is 0.349. The number of nitrogens with zero attached hydrogens (tertiary/aromatic N) is 1. The molecule has 0 radical (unpaired) electrons. The molecule has 0 saturated carbocycles. The predicted octanol–water partition coefficient (Wildman–Crippen LogP) is 5.39. The molecule has 3 aromatic carbocycles. The Morgan fingerprint density at radius 1 is 0.704 bits per heavy atom. The van der Waals surface area contributed by atoms with Crippen LogP contribution in [0.15, 0.2) is 91.4 Å². The fraction of sp³-hybridized carbons (Fsp3) is 0.0870. The van der Waals surface area contributed by atoms with Gasteiger partial charge in [-0.1, -0.05) is 48.5 Å². The van der Waals surface area contributed by atoms with Crippen LogP contribution in [-0.4, -0.2) is 21.5 Å². The molecule has 5 aromatic rings. The van der Waals surface area contributed by atoms with E-state index in [0.29, 0.717) is 0 Å². The van der Waals surface area contributed by atoms with Crippen molar-refractivity contribution in [1.82, 2.24) is 15.0 Å². The maximum atomic E-state index is 4.06. The average molecular weight is 354 g/mol. The van der Waals surface area contributed by atoms with E-state index in [9.17, 15) is 0 Å². The van der Waals surface area contributed by atoms with Gasteiger partial charge in [-0.15, -0.1) is 0 Å². The van der Waals surface area contributed by atoms with Crippen molar-refractivity contribution in [2.24, 2.45) is 0 Å². The second kappa shape index (κ2) is 8.23. The largest absolute Gasteiger partial charge is 0.384 e. The van der Waals surface area contributed by atoms with E-state index in [4.69, 9.17) is 0 Å². The molecule has 2 aromatic heterocycles. The van der Waals surface area contributed by atoms with Gasteiger partial charge in [0.15, 0.2) is 0 Å². The van der Waals surface area contributed by atoms with Crippen molar-refractivity contribution in [1.29, 1.82) is 0 Å². The second-order valence-electron chi connectivity index (χ2n) is 6.32. The number of benzene rings is 3. The SMILES string of the molecule is c1ccc2[nH]ccc2c1.c1ccc2[nH]cnc2c1.c1ccc2c(c1)CCN2. The number of hydrogen-bond donors (Lipinski definition) is 3. The fourth-order valence-electron chi connectivity index (χ4n) is 3.12. The molecule has 27 heavy (non-hydrogen) atoms. The Labute approximate surface area is 158 Å². The third kappa shape index (κ3) is 4.18. The zero-order chi connectivity index (χ0) is 18.3. The molecule has 134 valence electrons. The van der Waals surface area contributed by atoms with Gasteiger partial charge in [-0.3, -0.25) is 0 Å². The Kier molecular flexibility index (Phi) is 5.16. The number of aromatic nitrogens is 3. The molecule has 0 bridgehead atoms. The van der Waals surface area contributed by atoms with Crippen LogP contribution >= 0.6 is 0 Å². The summed E-state index contributed by atoms with van der Waals surface area (Å²) in [6.45, 7) is 1.11. The minimum Gasteiger partial charge on any atom is -0.384 e. The maximum Gasteiger partial charge on any atom is 0.0931 e. The molecule has 0 atom stereocenters. The molecule has 0 aliphatic carbocycles. The van der Waals surface area contributed by atoms with Gasteiger partial charge in [0.05, 0.1) is 17.4 Å². The Bertz CT molecular complexity index is 974. The third-order valence-corrected chi connectivity index (χ3v) is 4.52. The zero-order valence-corrected chi connectivity index (χ0v) is 15.0. The first-order chi connectivity index (χ1) is 13.4. The molecule has 0 amide bonds. The average Bonchev–Trinajstić information content (AvgIpc) is 3.48. The number of aromatic amines is 2. The topological polar surface area (TPSA) is 56.5 Å². The van der Waals surface area contributed by atoms with E-state index in [1.165, 1.54) is 28.6 Å². The minimum absolute atomic E-state index is 1.03. The summed E-state index contributed by atoms with van der Waals surface area (Å²) in [5.74, 6) is 0. The number of hydrogen-bond acceptors (Lipinski definition) is 2. The summed E-state index contributed by atoms with van der Waals surface area (Å²) in [7, 11) is 0. The van der Waals surface area contributed by atoms with E-state index in [-0.39, 0.29) is 0 Å². The summed E-state index contributed by atoms with van der Waals surface area (Å²) in [4.78, 5) is 10.2. The highest BCUT2D eigenvalue weighted by molar-refractivity contribution is 5.78. The number of imidazole rings is 1. The lowest BCUT2D eigenvalue weighted by Crippen LogP contribution is -1.90. The molecule has 3 heterocycles. The van der Waals surface area contributed by atoms with E-state index in [1.807, 2.05) is 42.6 Å². The van der Waals surface area contributed by atoms with E-state index in [1.54, 1.807) is 6.33 Å². The van der Waals surface area contributed by atoms with Crippen LogP contribution in [0.4, 0.5) is 5.69 Å². The first kappa shape index (κ1) is 16.9. The lowest BCUT2D eigenvalue weighted by atomic mass is 10.2. The summed E-state index contributed by atoms with van der Waals surface area (Å²) in [5.41, 5.74) is 6.10. The monoisotopic (exact) mass is 354 g/mol. The Morgan fingerprint density at radius 3 is 2.33 bits per heavy atom. The summed E-state index contributed by atoms with van der Waals surface area (Å²) >= 11 is 0. The third-order valence-electron chi connectivity index (χ3n) is 4.52. The van der Waals surface area contributed by atoms with Crippen molar-refractivity contribution in [2.75, 3.05) is 11.9 Å². The van der Waals surface area contributed by atoms with Crippen molar-refractivity contribution in [3.8, 4) is 0 Å². The van der Waals surface area contributed by atoms with Crippen molar-refractivity contribution in [3.63, 3.8) is 0 Å². The Hall–Kier alpha value is -3.53. The lowest BCUT2D eigenvalue weighted by Gasteiger charge is -1.94. The number of fused-ring (bicyclic) bond motifs is 3. The molecule has 0 saturated heterocycles. The lowest BCUT2D eigenvalue weighted by molar-refractivity contribution is 1.11. The van der Waals surface area contributed by atoms with Gasteiger partial charge in [-0.05, 0) is 47.7 Å². The number of para-hydroxylation sites is 4.